The number of nitrogens with one attached hydrogen (secondary N) is 1. The Morgan fingerprint density at radius 1 is 1.10 bits per heavy atom. The van der Waals surface area contributed by atoms with Crippen LogP contribution in [0.5, 0.6) is 0 Å². The molecule has 0 aromatic heterocycles. The van der Waals surface area contributed by atoms with Crippen LogP contribution < -0.4 is 16.0 Å². The van der Waals surface area contributed by atoms with E-state index >= 15 is 0 Å². The molecule has 106 valence electrons. The summed E-state index contributed by atoms with van der Waals surface area (Å²) in [6.07, 6.45) is 1.09. The van der Waals surface area contributed by atoms with Gasteiger partial charge in [0.2, 0.25) is 0 Å². The molecule has 0 amide bonds. The quantitative estimate of drug-likeness (QED) is 0.623. The first-order valence-electron chi connectivity index (χ1n) is 7.03. The zero-order chi connectivity index (χ0) is 14.4. The van der Waals surface area contributed by atoms with Crippen LogP contribution in [0.25, 0.3) is 0 Å². The van der Waals surface area contributed by atoms with Crippen molar-refractivity contribution in [3.63, 3.8) is 0 Å². The molecule has 0 heterocycles. The van der Waals surface area contributed by atoms with Crippen LogP contribution in [0.1, 0.15) is 12.0 Å². The molecule has 3 N–H and O–H groups in total. The summed E-state index contributed by atoms with van der Waals surface area (Å²) in [5.74, 6) is 0. The van der Waals surface area contributed by atoms with Crippen LogP contribution in [0.15, 0.2) is 48.5 Å². The molecule has 3 nitrogen and oxygen atoms in total. The lowest BCUT2D eigenvalue weighted by molar-refractivity contribution is 0.816. The van der Waals surface area contributed by atoms with E-state index in [1.165, 1.54) is 5.69 Å². The van der Waals surface area contributed by atoms with Crippen molar-refractivity contribution in [2.45, 2.75) is 13.3 Å². The third-order valence-electron chi connectivity index (χ3n) is 3.47. The molecule has 0 spiro atoms. The molecule has 0 aliphatic heterocycles. The van der Waals surface area contributed by atoms with E-state index in [1.807, 2.05) is 25.1 Å². The smallest absolute Gasteiger partial charge is 0.0363 e. The molecule has 0 unspecified atom stereocenters. The summed E-state index contributed by atoms with van der Waals surface area (Å²) in [6.45, 7) is 4.02. The van der Waals surface area contributed by atoms with Crippen LogP contribution in [0.3, 0.4) is 0 Å². The number of hydrogen-bond donors (Lipinski definition) is 2. The van der Waals surface area contributed by atoms with Gasteiger partial charge in [-0.05, 0) is 49.2 Å². The number of aryl methyl sites for hydroxylation is 1. The minimum Gasteiger partial charge on any atom is -0.399 e. The number of para-hydroxylation sites is 1. The van der Waals surface area contributed by atoms with Gasteiger partial charge in [0.1, 0.15) is 0 Å². The van der Waals surface area contributed by atoms with Crippen molar-refractivity contribution in [2.75, 3.05) is 36.1 Å². The van der Waals surface area contributed by atoms with Crippen LogP contribution in [0.2, 0.25) is 0 Å². The molecule has 0 aliphatic rings. The van der Waals surface area contributed by atoms with Crippen molar-refractivity contribution < 1.29 is 0 Å². The van der Waals surface area contributed by atoms with Crippen molar-refractivity contribution in [3.8, 4) is 0 Å². The summed E-state index contributed by atoms with van der Waals surface area (Å²) in [4.78, 5) is 2.27. The fraction of sp³-hybridized carbons (Fsp3) is 0.294. The minimum absolute atomic E-state index is 0.847. The van der Waals surface area contributed by atoms with Gasteiger partial charge in [-0.1, -0.05) is 18.2 Å². The van der Waals surface area contributed by atoms with Gasteiger partial charge in [-0.2, -0.15) is 0 Å². The fourth-order valence-electron chi connectivity index (χ4n) is 2.15. The van der Waals surface area contributed by atoms with Gasteiger partial charge in [0.15, 0.2) is 0 Å². The molecule has 2 aromatic rings. The predicted octanol–water partition coefficient (Wildman–Crippen LogP) is 3.52. The first kappa shape index (κ1) is 14.3. The summed E-state index contributed by atoms with van der Waals surface area (Å²) in [5.41, 5.74) is 10.2. The molecule has 0 fully saturated rings. The number of nitrogens with two attached hydrogens (primary N) is 1. The lowest BCUT2D eigenvalue weighted by Gasteiger charge is -2.19. The molecule has 3 heteroatoms. The van der Waals surface area contributed by atoms with Gasteiger partial charge in [0, 0.05) is 37.2 Å². The Labute approximate surface area is 121 Å². The summed E-state index contributed by atoms with van der Waals surface area (Å²) in [5, 5.41) is 3.44. The molecule has 0 radical (unpaired) electrons. The zero-order valence-electron chi connectivity index (χ0n) is 12.3. The van der Waals surface area contributed by atoms with Crippen molar-refractivity contribution in [2.24, 2.45) is 0 Å². The highest BCUT2D eigenvalue weighted by Gasteiger charge is 2.00. The Balaban J connectivity index is 1.75. The molecule has 0 aliphatic carbocycles. The first-order valence-corrected chi connectivity index (χ1v) is 7.03. The van der Waals surface area contributed by atoms with Crippen molar-refractivity contribution in [1.29, 1.82) is 0 Å². The Kier molecular flexibility index (Phi) is 4.88. The Hall–Kier alpha value is -2.16. The van der Waals surface area contributed by atoms with Crippen LogP contribution in [-0.2, 0) is 0 Å². The number of rotatable bonds is 6. The SMILES string of the molecule is Cc1cc(NCCCN(C)c2ccccc2)ccc1N. The largest absolute Gasteiger partial charge is 0.399 e. The van der Waals surface area contributed by atoms with E-state index in [1.54, 1.807) is 0 Å². The van der Waals surface area contributed by atoms with Crippen molar-refractivity contribution in [3.05, 3.63) is 54.1 Å². The second-order valence-electron chi connectivity index (χ2n) is 5.11. The van der Waals surface area contributed by atoms with Gasteiger partial charge in [-0.15, -0.1) is 0 Å². The predicted molar refractivity (Wildman–Crippen MR) is 88.4 cm³/mol. The molecule has 0 saturated heterocycles. The molecular weight excluding hydrogens is 246 g/mol. The van der Waals surface area contributed by atoms with E-state index in [-0.39, 0.29) is 0 Å². The molecule has 0 saturated carbocycles. The van der Waals surface area contributed by atoms with Gasteiger partial charge in [0.05, 0.1) is 0 Å². The van der Waals surface area contributed by atoms with Crippen LogP contribution in [0.4, 0.5) is 17.1 Å². The lowest BCUT2D eigenvalue weighted by Crippen LogP contribution is -2.20. The summed E-state index contributed by atoms with van der Waals surface area (Å²) >= 11 is 0. The number of benzene rings is 2. The van der Waals surface area contributed by atoms with Crippen LogP contribution >= 0.6 is 0 Å². The standard InChI is InChI=1S/C17H23N3/c1-14-13-15(9-10-17(14)18)19-11-6-12-20(2)16-7-4-3-5-8-16/h3-5,7-10,13,19H,6,11-12,18H2,1-2H3. The summed E-state index contributed by atoms with van der Waals surface area (Å²) < 4.78 is 0. The van der Waals surface area contributed by atoms with E-state index < -0.39 is 0 Å². The lowest BCUT2D eigenvalue weighted by atomic mass is 10.2. The third kappa shape index (κ3) is 3.92. The Bertz CT molecular complexity index is 537. The number of nitrogens with zero attached hydrogens (tertiary/aromatic N) is 1. The molecule has 20 heavy (non-hydrogen) atoms. The Morgan fingerprint density at radius 3 is 2.55 bits per heavy atom. The zero-order valence-corrected chi connectivity index (χ0v) is 12.3. The van der Waals surface area contributed by atoms with E-state index in [2.05, 4.69) is 47.6 Å². The average molecular weight is 269 g/mol. The van der Waals surface area contributed by atoms with Gasteiger partial charge in [-0.25, -0.2) is 0 Å². The van der Waals surface area contributed by atoms with Gasteiger partial charge < -0.3 is 16.0 Å². The summed E-state index contributed by atoms with van der Waals surface area (Å²) in [7, 11) is 2.13. The minimum atomic E-state index is 0.847. The maximum absolute atomic E-state index is 5.81. The molecule has 0 atom stereocenters. The van der Waals surface area contributed by atoms with E-state index in [0.29, 0.717) is 0 Å². The maximum atomic E-state index is 5.81. The molecule has 2 rings (SSSR count). The first-order chi connectivity index (χ1) is 9.66. The van der Waals surface area contributed by atoms with E-state index in [9.17, 15) is 0 Å². The van der Waals surface area contributed by atoms with Gasteiger partial charge >= 0.3 is 0 Å². The highest BCUT2D eigenvalue weighted by atomic mass is 15.1. The molecule has 2 aromatic carbocycles. The van der Waals surface area contributed by atoms with E-state index in [0.717, 1.165) is 36.4 Å². The average Bonchev–Trinajstić information content (AvgIpc) is 2.48. The van der Waals surface area contributed by atoms with Crippen LogP contribution in [0, 0.1) is 6.92 Å². The van der Waals surface area contributed by atoms with E-state index in [4.69, 9.17) is 5.73 Å². The molecular formula is C17H23N3. The van der Waals surface area contributed by atoms with Gasteiger partial charge in [-0.3, -0.25) is 0 Å². The highest BCUT2D eigenvalue weighted by Crippen LogP contribution is 2.16. The highest BCUT2D eigenvalue weighted by molar-refractivity contribution is 5.56. The molecule has 0 bridgehead atoms. The topological polar surface area (TPSA) is 41.3 Å². The normalized spacial score (nSPS) is 10.3. The van der Waals surface area contributed by atoms with Gasteiger partial charge in [0.25, 0.3) is 0 Å². The number of anilines is 3. The summed E-state index contributed by atoms with van der Waals surface area (Å²) in [6, 6.07) is 16.5. The third-order valence-corrected chi connectivity index (χ3v) is 3.47. The maximum Gasteiger partial charge on any atom is 0.0363 e. The van der Waals surface area contributed by atoms with Crippen molar-refractivity contribution >= 4 is 17.1 Å². The second kappa shape index (κ2) is 6.85. The number of hydrogen-bond acceptors (Lipinski definition) is 3. The fourth-order valence-corrected chi connectivity index (χ4v) is 2.15. The number of nitrogen functional groups attached to an aromatic ring is 1. The van der Waals surface area contributed by atoms with Crippen molar-refractivity contribution in [1.82, 2.24) is 0 Å². The second-order valence-corrected chi connectivity index (χ2v) is 5.11. The monoisotopic (exact) mass is 269 g/mol. The van der Waals surface area contributed by atoms with Crippen LogP contribution in [-0.4, -0.2) is 20.1 Å². The Morgan fingerprint density at radius 2 is 1.85 bits per heavy atom.